The van der Waals surface area contributed by atoms with E-state index in [1.165, 1.54) is 19.3 Å². The summed E-state index contributed by atoms with van der Waals surface area (Å²) in [4.78, 5) is 17.1. The lowest BCUT2D eigenvalue weighted by Crippen LogP contribution is -2.49. The fourth-order valence-electron chi connectivity index (χ4n) is 4.02. The maximum atomic E-state index is 12.7. The molecule has 0 bridgehead atoms. The molecule has 1 amide bonds. The molecule has 1 aliphatic heterocycles. The van der Waals surface area contributed by atoms with Crippen LogP contribution in [0.3, 0.4) is 0 Å². The molecule has 0 aromatic carbocycles. The molecular formula is C17H35Cl2N3O. The average molecular weight is 368 g/mol. The second kappa shape index (κ2) is 10.1. The standard InChI is InChI=1S/C17H33N3O.2ClH/c1-14-11-15(7-10-19(14)2)20(3)16(21)12-17(13-18)8-5-4-6-9-17;;/h14-15H,4-13,18H2,1-3H3;2*1H. The molecule has 0 aromatic heterocycles. The second-order valence-electron chi connectivity index (χ2n) is 7.45. The van der Waals surface area contributed by atoms with E-state index in [4.69, 9.17) is 5.73 Å². The first-order valence-corrected chi connectivity index (χ1v) is 8.63. The molecular weight excluding hydrogens is 333 g/mol. The van der Waals surface area contributed by atoms with Crippen molar-refractivity contribution < 1.29 is 4.79 Å². The Bertz CT molecular complexity index is 362. The monoisotopic (exact) mass is 367 g/mol. The van der Waals surface area contributed by atoms with Gasteiger partial charge in [-0.2, -0.15) is 0 Å². The largest absolute Gasteiger partial charge is 0.343 e. The van der Waals surface area contributed by atoms with Crippen molar-refractivity contribution in [1.29, 1.82) is 0 Å². The fourth-order valence-corrected chi connectivity index (χ4v) is 4.02. The van der Waals surface area contributed by atoms with E-state index in [9.17, 15) is 4.79 Å². The summed E-state index contributed by atoms with van der Waals surface area (Å²) < 4.78 is 0. The van der Waals surface area contributed by atoms with Crippen LogP contribution in [0, 0.1) is 5.41 Å². The lowest BCUT2D eigenvalue weighted by Gasteiger charge is -2.41. The van der Waals surface area contributed by atoms with Gasteiger partial charge >= 0.3 is 0 Å². The van der Waals surface area contributed by atoms with Crippen molar-refractivity contribution in [2.75, 3.05) is 27.2 Å². The van der Waals surface area contributed by atoms with Crippen molar-refractivity contribution in [3.05, 3.63) is 0 Å². The highest BCUT2D eigenvalue weighted by molar-refractivity contribution is 5.85. The number of nitrogens with two attached hydrogens (primary N) is 1. The van der Waals surface area contributed by atoms with Crippen molar-refractivity contribution in [3.63, 3.8) is 0 Å². The quantitative estimate of drug-likeness (QED) is 0.830. The normalized spacial score (nSPS) is 27.5. The molecule has 4 nitrogen and oxygen atoms in total. The van der Waals surface area contributed by atoms with Gasteiger partial charge < -0.3 is 15.5 Å². The van der Waals surface area contributed by atoms with Gasteiger partial charge in [-0.25, -0.2) is 0 Å². The highest BCUT2D eigenvalue weighted by atomic mass is 35.5. The predicted octanol–water partition coefficient (Wildman–Crippen LogP) is 3.07. The average Bonchev–Trinajstić information content (AvgIpc) is 2.50. The van der Waals surface area contributed by atoms with Crippen LogP contribution < -0.4 is 5.73 Å². The van der Waals surface area contributed by atoms with E-state index in [1.807, 2.05) is 11.9 Å². The topological polar surface area (TPSA) is 49.6 Å². The summed E-state index contributed by atoms with van der Waals surface area (Å²) in [5, 5.41) is 0. The third-order valence-corrected chi connectivity index (χ3v) is 6.00. The van der Waals surface area contributed by atoms with E-state index in [0.717, 1.165) is 32.2 Å². The van der Waals surface area contributed by atoms with Gasteiger partial charge in [0, 0.05) is 32.1 Å². The van der Waals surface area contributed by atoms with Crippen LogP contribution in [0.2, 0.25) is 0 Å². The second-order valence-corrected chi connectivity index (χ2v) is 7.45. The first-order chi connectivity index (χ1) is 9.97. The van der Waals surface area contributed by atoms with Gasteiger partial charge in [0.1, 0.15) is 0 Å². The number of amides is 1. The first-order valence-electron chi connectivity index (χ1n) is 8.63. The zero-order chi connectivity index (χ0) is 15.5. The van der Waals surface area contributed by atoms with Gasteiger partial charge in [-0.1, -0.05) is 19.3 Å². The molecule has 2 atom stereocenters. The van der Waals surface area contributed by atoms with E-state index in [1.54, 1.807) is 0 Å². The lowest BCUT2D eigenvalue weighted by atomic mass is 9.71. The van der Waals surface area contributed by atoms with E-state index in [2.05, 4.69) is 18.9 Å². The van der Waals surface area contributed by atoms with Crippen molar-refractivity contribution >= 4 is 30.7 Å². The van der Waals surface area contributed by atoms with Crippen molar-refractivity contribution in [3.8, 4) is 0 Å². The van der Waals surface area contributed by atoms with E-state index in [0.29, 0.717) is 31.0 Å². The van der Waals surface area contributed by atoms with Crippen molar-refractivity contribution in [2.45, 2.75) is 70.4 Å². The van der Waals surface area contributed by atoms with Crippen LogP contribution in [-0.4, -0.2) is 55.0 Å². The number of carbonyl (C=O) groups is 1. The Morgan fingerprint density at radius 3 is 2.39 bits per heavy atom. The maximum absolute atomic E-state index is 12.7. The predicted molar refractivity (Wildman–Crippen MR) is 102 cm³/mol. The molecule has 6 heteroatoms. The number of rotatable bonds is 4. The smallest absolute Gasteiger partial charge is 0.223 e. The maximum Gasteiger partial charge on any atom is 0.223 e. The van der Waals surface area contributed by atoms with Gasteiger partial charge in [0.25, 0.3) is 0 Å². The summed E-state index contributed by atoms with van der Waals surface area (Å²) in [5.41, 5.74) is 6.11. The Hall–Kier alpha value is -0.0300. The molecule has 1 saturated carbocycles. The number of likely N-dealkylation sites (tertiary alicyclic amines) is 1. The number of hydrogen-bond donors (Lipinski definition) is 1. The van der Waals surface area contributed by atoms with Crippen LogP contribution in [0.25, 0.3) is 0 Å². The highest BCUT2D eigenvalue weighted by Gasteiger charge is 2.36. The molecule has 0 aromatic rings. The Morgan fingerprint density at radius 1 is 1.26 bits per heavy atom. The molecule has 23 heavy (non-hydrogen) atoms. The third kappa shape index (κ3) is 5.77. The minimum Gasteiger partial charge on any atom is -0.343 e. The molecule has 138 valence electrons. The molecule has 2 rings (SSSR count). The summed E-state index contributed by atoms with van der Waals surface area (Å²) in [6, 6.07) is 0.972. The summed E-state index contributed by atoms with van der Waals surface area (Å²) in [5.74, 6) is 0.309. The summed E-state index contributed by atoms with van der Waals surface area (Å²) >= 11 is 0. The van der Waals surface area contributed by atoms with Crippen molar-refractivity contribution in [2.24, 2.45) is 11.1 Å². The Balaban J connectivity index is 0.00000242. The van der Waals surface area contributed by atoms with Gasteiger partial charge in [-0.15, -0.1) is 24.8 Å². The van der Waals surface area contributed by atoms with Crippen LogP contribution in [0.5, 0.6) is 0 Å². The molecule has 0 radical (unpaired) electrons. The molecule has 0 spiro atoms. The SMILES string of the molecule is CC1CC(N(C)C(=O)CC2(CN)CCCCC2)CCN1C.Cl.Cl. The Kier molecular flexibility index (Phi) is 10.1. The van der Waals surface area contributed by atoms with E-state index < -0.39 is 0 Å². The molecule has 2 unspecified atom stereocenters. The van der Waals surface area contributed by atoms with Crippen molar-refractivity contribution in [1.82, 2.24) is 9.80 Å². The highest BCUT2D eigenvalue weighted by Crippen LogP contribution is 2.39. The van der Waals surface area contributed by atoms with Gasteiger partial charge in [-0.3, -0.25) is 4.79 Å². The third-order valence-electron chi connectivity index (χ3n) is 6.00. The van der Waals surface area contributed by atoms with Crippen LogP contribution >= 0.6 is 24.8 Å². The van der Waals surface area contributed by atoms with Gasteiger partial charge in [0.2, 0.25) is 5.91 Å². The van der Waals surface area contributed by atoms with Gasteiger partial charge in [-0.05, 0) is 51.6 Å². The Labute approximate surface area is 154 Å². The van der Waals surface area contributed by atoms with Gasteiger partial charge in [0.05, 0.1) is 0 Å². The van der Waals surface area contributed by atoms with Crippen LogP contribution in [0.4, 0.5) is 0 Å². The van der Waals surface area contributed by atoms with Crippen LogP contribution in [0.1, 0.15) is 58.3 Å². The molecule has 1 saturated heterocycles. The summed E-state index contributed by atoms with van der Waals surface area (Å²) in [6.07, 6.45) is 8.88. The Morgan fingerprint density at radius 2 is 1.87 bits per heavy atom. The van der Waals surface area contributed by atoms with Crippen LogP contribution in [-0.2, 0) is 4.79 Å². The number of halogens is 2. The zero-order valence-electron chi connectivity index (χ0n) is 14.9. The molecule has 1 heterocycles. The summed E-state index contributed by atoms with van der Waals surface area (Å²) in [6.45, 7) is 4.01. The van der Waals surface area contributed by atoms with Gasteiger partial charge in [0.15, 0.2) is 0 Å². The number of carbonyl (C=O) groups excluding carboxylic acids is 1. The van der Waals surface area contributed by atoms with E-state index in [-0.39, 0.29) is 30.2 Å². The molecule has 2 N–H and O–H groups in total. The van der Waals surface area contributed by atoms with E-state index >= 15 is 0 Å². The van der Waals surface area contributed by atoms with Crippen LogP contribution in [0.15, 0.2) is 0 Å². The molecule has 2 fully saturated rings. The molecule has 2 aliphatic rings. The zero-order valence-corrected chi connectivity index (χ0v) is 16.6. The minimum atomic E-state index is 0. The number of hydrogen-bond acceptors (Lipinski definition) is 3. The number of piperidine rings is 1. The molecule has 1 aliphatic carbocycles. The first kappa shape index (κ1) is 23.0. The summed E-state index contributed by atoms with van der Waals surface area (Å²) in [7, 11) is 4.17. The lowest BCUT2D eigenvalue weighted by molar-refractivity contribution is -0.136. The number of nitrogens with zero attached hydrogens (tertiary/aromatic N) is 2. The minimum absolute atomic E-state index is 0. The fraction of sp³-hybridized carbons (Fsp3) is 0.941.